The predicted molar refractivity (Wildman–Crippen MR) is 161 cm³/mol. The molecule has 1 aliphatic rings. The van der Waals surface area contributed by atoms with Gasteiger partial charge in [0.2, 0.25) is 17.6 Å². The Bertz CT molecular complexity index is 1120. The number of rotatable bonds is 12. The number of carbonyl (C=O) groups is 5. The van der Waals surface area contributed by atoms with E-state index in [1.54, 1.807) is 30.3 Å². The van der Waals surface area contributed by atoms with E-state index in [1.807, 2.05) is 25.1 Å². The van der Waals surface area contributed by atoms with Crippen LogP contribution in [0.4, 0.5) is 0 Å². The molecule has 9 heteroatoms. The molecule has 1 aliphatic heterocycles. The molecule has 3 rings (SSSR count). The number of hydrogen-bond donors (Lipinski definition) is 3. The Morgan fingerprint density at radius 1 is 0.875 bits per heavy atom. The Hall–Kier alpha value is -4.01. The van der Waals surface area contributed by atoms with Crippen LogP contribution in [0.15, 0.2) is 60.7 Å². The molecule has 0 aromatic heterocycles. The maximum absolute atomic E-state index is 12.8. The van der Waals surface area contributed by atoms with E-state index in [9.17, 15) is 24.0 Å². The Labute approximate surface area is 241 Å². The van der Waals surface area contributed by atoms with Gasteiger partial charge in [-0.15, -0.1) is 0 Å². The maximum Gasteiger partial charge on any atom is 0.292 e. The predicted octanol–water partition coefficient (Wildman–Crippen LogP) is 3.91. The topological polar surface area (TPSA) is 125 Å². The molecule has 0 spiro atoms. The Morgan fingerprint density at radius 3 is 2.02 bits per heavy atom. The molecular formula is C31H48N4O5. The van der Waals surface area contributed by atoms with Crippen molar-refractivity contribution < 1.29 is 28.3 Å². The highest BCUT2D eigenvalue weighted by Crippen LogP contribution is 2.11. The van der Waals surface area contributed by atoms with Crippen LogP contribution in [0.5, 0.6) is 0 Å². The van der Waals surface area contributed by atoms with Gasteiger partial charge in [-0.3, -0.25) is 24.0 Å². The van der Waals surface area contributed by atoms with Gasteiger partial charge in [0, 0.05) is 22.9 Å². The molecule has 1 saturated heterocycles. The van der Waals surface area contributed by atoms with Crippen molar-refractivity contribution in [1.82, 2.24) is 20.9 Å². The highest BCUT2D eigenvalue weighted by atomic mass is 16.2. The number of likely N-dealkylation sites (tertiary alicyclic amines) is 1. The monoisotopic (exact) mass is 556 g/mol. The highest BCUT2D eigenvalue weighted by Gasteiger charge is 2.32. The smallest absolute Gasteiger partial charge is 0.292 e. The number of hydrogen-bond acceptors (Lipinski definition) is 5. The normalized spacial score (nSPS) is 13.7. The van der Waals surface area contributed by atoms with Crippen LogP contribution in [-0.2, 0) is 19.2 Å². The van der Waals surface area contributed by atoms with E-state index >= 15 is 0 Å². The first-order valence-corrected chi connectivity index (χ1v) is 14.0. The number of unbranched alkanes of at least 4 members (excludes halogenated alkanes) is 2. The molecule has 0 bridgehead atoms. The van der Waals surface area contributed by atoms with Gasteiger partial charge in [-0.05, 0) is 45.2 Å². The summed E-state index contributed by atoms with van der Waals surface area (Å²) in [5, 5.41) is 7.64. The summed E-state index contributed by atoms with van der Waals surface area (Å²) in [6.07, 6.45) is 4.63. The van der Waals surface area contributed by atoms with Gasteiger partial charge < -0.3 is 20.9 Å². The van der Waals surface area contributed by atoms with Crippen molar-refractivity contribution in [2.45, 2.75) is 71.4 Å². The molecule has 1 unspecified atom stereocenters. The van der Waals surface area contributed by atoms with Crippen molar-refractivity contribution in [2.24, 2.45) is 0 Å². The quantitative estimate of drug-likeness (QED) is 0.270. The minimum Gasteiger partial charge on any atom is -0.344 e. The van der Waals surface area contributed by atoms with Crippen LogP contribution in [-0.4, -0.2) is 66.0 Å². The zero-order valence-corrected chi connectivity index (χ0v) is 23.8. The average molecular weight is 557 g/mol. The van der Waals surface area contributed by atoms with Crippen molar-refractivity contribution >= 4 is 29.4 Å². The van der Waals surface area contributed by atoms with Crippen molar-refractivity contribution in [1.29, 1.82) is 0 Å². The van der Waals surface area contributed by atoms with Crippen molar-refractivity contribution in [2.75, 3.05) is 19.6 Å². The lowest BCUT2D eigenvalue weighted by atomic mass is 10.0. The maximum atomic E-state index is 12.8. The van der Waals surface area contributed by atoms with E-state index in [1.165, 1.54) is 17.4 Å². The molecule has 2 atom stereocenters. The van der Waals surface area contributed by atoms with Crippen molar-refractivity contribution in [3.05, 3.63) is 71.8 Å². The minimum absolute atomic E-state index is 0. The van der Waals surface area contributed by atoms with Crippen LogP contribution < -0.4 is 16.0 Å². The van der Waals surface area contributed by atoms with Crippen molar-refractivity contribution in [3.8, 4) is 0 Å². The number of carbonyl (C=O) groups excluding carboxylic acids is 5. The summed E-state index contributed by atoms with van der Waals surface area (Å²) >= 11 is 0. The van der Waals surface area contributed by atoms with Crippen LogP contribution in [0.2, 0.25) is 0 Å². The number of aryl methyl sites for hydroxylation is 1. The van der Waals surface area contributed by atoms with Gasteiger partial charge in [0.25, 0.3) is 11.8 Å². The van der Waals surface area contributed by atoms with Gasteiger partial charge in [0.05, 0.1) is 12.6 Å². The van der Waals surface area contributed by atoms with E-state index in [0.717, 1.165) is 25.7 Å². The van der Waals surface area contributed by atoms with Gasteiger partial charge in [0.15, 0.2) is 0 Å². The zero-order chi connectivity index (χ0) is 29.3. The molecule has 40 heavy (non-hydrogen) atoms. The average Bonchev–Trinajstić information content (AvgIpc) is 3.51. The second-order valence-electron chi connectivity index (χ2n) is 9.91. The molecule has 1 heterocycles. The summed E-state index contributed by atoms with van der Waals surface area (Å²) in [6.45, 7) is 6.42. The van der Waals surface area contributed by atoms with Crippen LogP contribution in [0, 0.1) is 6.92 Å². The Balaban J connectivity index is 0. The molecule has 0 radical (unpaired) electrons. The van der Waals surface area contributed by atoms with Crippen LogP contribution in [0.1, 0.15) is 72.6 Å². The van der Waals surface area contributed by atoms with Crippen molar-refractivity contribution in [3.63, 3.8) is 0 Å². The molecule has 1 fully saturated rings. The van der Waals surface area contributed by atoms with Crippen LogP contribution in [0.3, 0.4) is 0 Å². The Kier molecular flexibility index (Phi) is 14.1. The first-order valence-electron chi connectivity index (χ1n) is 14.0. The number of benzene rings is 2. The Morgan fingerprint density at radius 2 is 1.48 bits per heavy atom. The van der Waals surface area contributed by atoms with E-state index in [2.05, 4.69) is 35.0 Å². The summed E-state index contributed by atoms with van der Waals surface area (Å²) in [6, 6.07) is 16.9. The van der Waals surface area contributed by atoms with E-state index in [-0.39, 0.29) is 10.8 Å². The van der Waals surface area contributed by atoms with Crippen LogP contribution in [0.25, 0.3) is 0 Å². The van der Waals surface area contributed by atoms with E-state index in [4.69, 9.17) is 0 Å². The third kappa shape index (κ3) is 11.4. The third-order valence-corrected chi connectivity index (χ3v) is 6.49. The lowest BCUT2D eigenvalue weighted by molar-refractivity contribution is -0.145. The number of nitrogens with zero attached hydrogens (tertiary/aromatic N) is 1. The lowest BCUT2D eigenvalue weighted by Gasteiger charge is -2.23. The molecule has 222 valence electrons. The number of Topliss-reactive ketones (excluding diaryl/α,β-unsaturated/α-hetero) is 1. The molecular weight excluding hydrogens is 508 g/mol. The summed E-state index contributed by atoms with van der Waals surface area (Å²) in [7, 11) is 0. The summed E-state index contributed by atoms with van der Waals surface area (Å²) in [4.78, 5) is 63.7. The van der Waals surface area contributed by atoms with Gasteiger partial charge in [-0.2, -0.15) is 0 Å². The third-order valence-electron chi connectivity index (χ3n) is 6.49. The molecule has 4 amide bonds. The van der Waals surface area contributed by atoms with E-state index < -0.39 is 41.5 Å². The second-order valence-corrected chi connectivity index (χ2v) is 9.91. The summed E-state index contributed by atoms with van der Waals surface area (Å²) < 4.78 is 0. The SMILES string of the molecule is CCCCCC(NC(=O)[C@H](C)NC(=O)CNC(=O)c1ccccc1)C(=O)C(=O)N1CCCC1.Cc1ccccc1.[HH].[HH].[HH]. The van der Waals surface area contributed by atoms with E-state index in [0.29, 0.717) is 31.5 Å². The highest BCUT2D eigenvalue weighted by molar-refractivity contribution is 6.38. The number of nitrogens with one attached hydrogen (secondary N) is 3. The van der Waals surface area contributed by atoms with Gasteiger partial charge >= 0.3 is 0 Å². The number of ketones is 1. The lowest BCUT2D eigenvalue weighted by Crippen LogP contribution is -2.54. The first kappa shape index (κ1) is 32.2. The first-order chi connectivity index (χ1) is 19.2. The number of amides is 4. The zero-order valence-electron chi connectivity index (χ0n) is 23.8. The summed E-state index contributed by atoms with van der Waals surface area (Å²) in [5.41, 5.74) is 1.75. The van der Waals surface area contributed by atoms with Gasteiger partial charge in [0.1, 0.15) is 6.04 Å². The summed E-state index contributed by atoms with van der Waals surface area (Å²) in [5.74, 6) is -2.67. The van der Waals surface area contributed by atoms with Crippen LogP contribution >= 0.6 is 0 Å². The molecule has 9 nitrogen and oxygen atoms in total. The van der Waals surface area contributed by atoms with Gasteiger partial charge in [-0.25, -0.2) is 0 Å². The largest absolute Gasteiger partial charge is 0.344 e. The molecule has 3 N–H and O–H groups in total. The fourth-order valence-electron chi connectivity index (χ4n) is 4.13. The van der Waals surface area contributed by atoms with Gasteiger partial charge in [-0.1, -0.05) is 80.3 Å². The molecule has 0 aliphatic carbocycles. The molecule has 2 aromatic carbocycles. The minimum atomic E-state index is -0.936. The fraction of sp³-hybridized carbons (Fsp3) is 0.452. The standard InChI is InChI=1S/C24H34N4O5.C7H8.3H2/c1-3-4-6-13-19(21(30)24(33)28-14-9-10-15-28)27-22(31)17(2)26-20(29)16-25-23(32)18-11-7-5-8-12-18;1-7-5-3-2-4-6-7;;;/h5,7-8,11-12,17,19H,3-4,6,9-10,13-16H2,1-2H3,(H,25,32)(H,26,29)(H,27,31);2-6H,1H3;3*1H/t17-,19?;;;;/m0..../s1. The molecule has 0 saturated carbocycles. The molecule has 2 aromatic rings. The second kappa shape index (κ2) is 17.6. The fourth-order valence-corrected chi connectivity index (χ4v) is 4.13.